The quantitative estimate of drug-likeness (QED) is 0.238. The Morgan fingerprint density at radius 2 is 2.14 bits per heavy atom. The maximum atomic E-state index is 6.27. The minimum absolute atomic E-state index is 0.228. The normalized spacial score (nSPS) is 14.4. The second kappa shape index (κ2) is 7.09. The lowest BCUT2D eigenvalue weighted by Crippen LogP contribution is -2.00. The number of halogens is 2. The Kier molecular flexibility index (Phi) is 4.57. The fourth-order valence-corrected chi connectivity index (χ4v) is 4.04. The molecule has 0 atom stereocenters. The van der Waals surface area contributed by atoms with Crippen molar-refractivity contribution in [1.29, 1.82) is 0 Å². The van der Waals surface area contributed by atoms with Crippen LogP contribution in [0, 0.1) is 0 Å². The number of nitrogens with zero attached hydrogens (tertiary/aromatic N) is 6. The Bertz CT molecular complexity index is 1180. The van der Waals surface area contributed by atoms with E-state index >= 15 is 0 Å². The summed E-state index contributed by atoms with van der Waals surface area (Å²) in [5, 5.41) is 6.06. The molecule has 0 aliphatic heterocycles. The van der Waals surface area contributed by atoms with Gasteiger partial charge in [0, 0.05) is 37.4 Å². The number of methoxy groups -OCH3 is 1. The monoisotopic (exact) mass is 460 g/mol. The van der Waals surface area contributed by atoms with Crippen LogP contribution in [-0.4, -0.2) is 43.0 Å². The van der Waals surface area contributed by atoms with E-state index in [1.165, 1.54) is 0 Å². The topological polar surface area (TPSA) is 70.7 Å². The van der Waals surface area contributed by atoms with Crippen LogP contribution in [0.1, 0.15) is 25.3 Å². The third-order valence-electron chi connectivity index (χ3n) is 5.01. The number of hydrogen-bond acceptors (Lipinski definition) is 5. The molecule has 0 amide bonds. The van der Waals surface area contributed by atoms with Crippen molar-refractivity contribution in [3.8, 4) is 11.3 Å². The maximum absolute atomic E-state index is 6.27. The first-order valence-electron chi connectivity index (χ1n) is 9.20. The lowest BCUT2D eigenvalue weighted by atomic mass is 10.1. The van der Waals surface area contributed by atoms with E-state index in [-0.39, 0.29) is 5.28 Å². The smallest absolute Gasteiger partial charge is 0.223 e. The van der Waals surface area contributed by atoms with Crippen LogP contribution in [0.2, 0.25) is 5.28 Å². The molecule has 0 N–H and O–H groups in total. The summed E-state index contributed by atoms with van der Waals surface area (Å²) in [6.45, 7) is 1.53. The van der Waals surface area contributed by atoms with Gasteiger partial charge in [-0.05, 0) is 52.9 Å². The highest BCUT2D eigenvalue weighted by atomic mass is 79.9. The van der Waals surface area contributed by atoms with Gasteiger partial charge in [0.15, 0.2) is 0 Å². The molecule has 1 aliphatic rings. The molecule has 4 heterocycles. The minimum Gasteiger partial charge on any atom is -0.385 e. The van der Waals surface area contributed by atoms with Crippen molar-refractivity contribution in [2.24, 2.45) is 0 Å². The van der Waals surface area contributed by atoms with Crippen LogP contribution in [0.15, 0.2) is 29.3 Å². The van der Waals surface area contributed by atoms with Crippen LogP contribution >= 0.6 is 27.5 Å². The standard InChI is InChI=1S/C19H18BrClN6O/c1-28-6-2-5-26-9-13(12-7-16(20)22-8-15(12)26)17-18-14(23-19(21)24-17)10-27(25-18)11-3-4-11/h7-11H,2-6H2,1H3. The summed E-state index contributed by atoms with van der Waals surface area (Å²) in [7, 11) is 1.72. The average Bonchev–Trinajstić information content (AvgIpc) is 3.34. The van der Waals surface area contributed by atoms with E-state index in [1.54, 1.807) is 7.11 Å². The van der Waals surface area contributed by atoms with Gasteiger partial charge in [0.05, 0.1) is 24.0 Å². The van der Waals surface area contributed by atoms with Crippen LogP contribution in [0.3, 0.4) is 0 Å². The molecule has 0 bridgehead atoms. The van der Waals surface area contributed by atoms with Gasteiger partial charge in [-0.25, -0.2) is 15.0 Å². The number of ether oxygens (including phenoxy) is 1. The highest BCUT2D eigenvalue weighted by molar-refractivity contribution is 9.10. The van der Waals surface area contributed by atoms with Crippen LogP contribution in [-0.2, 0) is 11.3 Å². The summed E-state index contributed by atoms with van der Waals surface area (Å²) in [5.41, 5.74) is 4.32. The molecule has 144 valence electrons. The van der Waals surface area contributed by atoms with Gasteiger partial charge in [-0.3, -0.25) is 4.68 Å². The van der Waals surface area contributed by atoms with Crippen LogP contribution in [0.25, 0.3) is 33.2 Å². The molecule has 5 rings (SSSR count). The van der Waals surface area contributed by atoms with Gasteiger partial charge in [-0.15, -0.1) is 0 Å². The van der Waals surface area contributed by atoms with Gasteiger partial charge in [0.2, 0.25) is 5.28 Å². The number of aromatic nitrogens is 6. The number of hydrogen-bond donors (Lipinski definition) is 0. The van der Waals surface area contributed by atoms with Crippen molar-refractivity contribution < 1.29 is 4.74 Å². The van der Waals surface area contributed by atoms with Gasteiger partial charge in [0.25, 0.3) is 0 Å². The van der Waals surface area contributed by atoms with Crippen molar-refractivity contribution >= 4 is 49.5 Å². The third-order valence-corrected chi connectivity index (χ3v) is 5.61. The largest absolute Gasteiger partial charge is 0.385 e. The van der Waals surface area contributed by atoms with Crippen molar-refractivity contribution in [2.45, 2.75) is 31.8 Å². The molecular formula is C19H18BrClN6O. The predicted octanol–water partition coefficient (Wildman–Crippen LogP) is 4.63. The lowest BCUT2D eigenvalue weighted by molar-refractivity contribution is 0.190. The van der Waals surface area contributed by atoms with Crippen LogP contribution in [0.5, 0.6) is 0 Å². The van der Waals surface area contributed by atoms with Gasteiger partial charge >= 0.3 is 0 Å². The van der Waals surface area contributed by atoms with Crippen molar-refractivity contribution in [3.05, 3.63) is 34.5 Å². The molecule has 0 aromatic carbocycles. The second-order valence-electron chi connectivity index (χ2n) is 7.02. The van der Waals surface area contributed by atoms with Gasteiger partial charge in [0.1, 0.15) is 21.3 Å². The summed E-state index contributed by atoms with van der Waals surface area (Å²) in [6.07, 6.45) is 9.16. The Morgan fingerprint density at radius 1 is 1.29 bits per heavy atom. The van der Waals surface area contributed by atoms with Gasteiger partial charge in [-0.2, -0.15) is 5.10 Å². The van der Waals surface area contributed by atoms with Crippen molar-refractivity contribution in [3.63, 3.8) is 0 Å². The molecule has 0 saturated heterocycles. The van der Waals surface area contributed by atoms with E-state index in [9.17, 15) is 0 Å². The first-order valence-corrected chi connectivity index (χ1v) is 10.4. The summed E-state index contributed by atoms with van der Waals surface area (Å²) in [4.78, 5) is 13.3. The summed E-state index contributed by atoms with van der Waals surface area (Å²) < 4.78 is 10.2. The molecule has 7 nitrogen and oxygen atoms in total. The van der Waals surface area contributed by atoms with E-state index in [0.29, 0.717) is 12.6 Å². The highest BCUT2D eigenvalue weighted by Gasteiger charge is 2.26. The third kappa shape index (κ3) is 3.19. The van der Waals surface area contributed by atoms with E-state index < -0.39 is 0 Å². The summed E-state index contributed by atoms with van der Waals surface area (Å²) in [5.74, 6) is 0. The number of pyridine rings is 1. The van der Waals surface area contributed by atoms with Crippen LogP contribution in [0.4, 0.5) is 0 Å². The molecule has 9 heteroatoms. The predicted molar refractivity (Wildman–Crippen MR) is 112 cm³/mol. The lowest BCUT2D eigenvalue weighted by Gasteiger charge is -2.04. The zero-order valence-electron chi connectivity index (χ0n) is 15.3. The Hall–Kier alpha value is -2.03. The molecule has 0 spiro atoms. The molecule has 1 fully saturated rings. The second-order valence-corrected chi connectivity index (χ2v) is 8.17. The molecule has 4 aromatic heterocycles. The van der Waals surface area contributed by atoms with E-state index in [2.05, 4.69) is 41.6 Å². The number of rotatable bonds is 6. The zero-order valence-corrected chi connectivity index (χ0v) is 17.6. The summed E-state index contributed by atoms with van der Waals surface area (Å²) in [6, 6.07) is 2.48. The fourth-order valence-electron chi connectivity index (χ4n) is 3.53. The molecule has 1 saturated carbocycles. The molecule has 1 aliphatic carbocycles. The molecular weight excluding hydrogens is 444 g/mol. The molecule has 0 radical (unpaired) electrons. The van der Waals surface area contributed by atoms with Crippen molar-refractivity contribution in [2.75, 3.05) is 13.7 Å². The minimum atomic E-state index is 0.228. The van der Waals surface area contributed by atoms with E-state index in [1.807, 2.05) is 23.1 Å². The average molecular weight is 462 g/mol. The Morgan fingerprint density at radius 3 is 2.93 bits per heavy atom. The first-order chi connectivity index (χ1) is 13.6. The fraction of sp³-hybridized carbons (Fsp3) is 0.368. The SMILES string of the molecule is COCCCn1cc(-c2nc(Cl)nc3cn(C4CC4)nc23)c2cc(Br)ncc21. The number of aryl methyl sites for hydroxylation is 1. The van der Waals surface area contributed by atoms with Gasteiger partial charge in [-0.1, -0.05) is 0 Å². The van der Waals surface area contributed by atoms with E-state index in [0.717, 1.165) is 63.6 Å². The Labute approximate surface area is 174 Å². The number of fused-ring (bicyclic) bond motifs is 2. The Balaban J connectivity index is 1.71. The van der Waals surface area contributed by atoms with Crippen molar-refractivity contribution in [1.82, 2.24) is 29.3 Å². The first kappa shape index (κ1) is 18.0. The van der Waals surface area contributed by atoms with Gasteiger partial charge < -0.3 is 9.30 Å². The zero-order chi connectivity index (χ0) is 19.3. The van der Waals surface area contributed by atoms with E-state index in [4.69, 9.17) is 21.4 Å². The maximum Gasteiger partial charge on any atom is 0.223 e. The highest BCUT2D eigenvalue weighted by Crippen LogP contribution is 2.38. The molecule has 28 heavy (non-hydrogen) atoms. The summed E-state index contributed by atoms with van der Waals surface area (Å²) >= 11 is 9.75. The van der Waals surface area contributed by atoms with Crippen LogP contribution < -0.4 is 0 Å². The molecule has 0 unspecified atom stereocenters. The molecule has 4 aromatic rings.